The summed E-state index contributed by atoms with van der Waals surface area (Å²) in [5.41, 5.74) is 5.95. The van der Waals surface area contributed by atoms with Gasteiger partial charge in [0, 0.05) is 12.1 Å². The SMILES string of the molecule is CCC1CN(C(=S)c2ccc(C)cc2)c2cc(C)c(C)cc2N1C(=O)O. The Labute approximate surface area is 160 Å². The van der Waals surface area contributed by atoms with Gasteiger partial charge in [-0.25, -0.2) is 4.79 Å². The van der Waals surface area contributed by atoms with Gasteiger partial charge in [0.2, 0.25) is 0 Å². The van der Waals surface area contributed by atoms with E-state index < -0.39 is 6.09 Å². The minimum Gasteiger partial charge on any atom is -0.465 e. The average Bonchev–Trinajstić information content (AvgIpc) is 2.61. The van der Waals surface area contributed by atoms with Gasteiger partial charge in [-0.15, -0.1) is 0 Å². The molecule has 0 saturated heterocycles. The van der Waals surface area contributed by atoms with Gasteiger partial charge < -0.3 is 10.0 Å². The van der Waals surface area contributed by atoms with Crippen LogP contribution in [-0.4, -0.2) is 28.8 Å². The number of aryl methyl sites for hydroxylation is 3. The zero-order chi connectivity index (χ0) is 19.0. The molecule has 0 aromatic heterocycles. The van der Waals surface area contributed by atoms with Crippen LogP contribution in [0.15, 0.2) is 36.4 Å². The molecule has 1 heterocycles. The molecule has 0 spiro atoms. The summed E-state index contributed by atoms with van der Waals surface area (Å²) in [5, 5.41) is 9.79. The summed E-state index contributed by atoms with van der Waals surface area (Å²) in [6.07, 6.45) is -0.187. The number of rotatable bonds is 2. The minimum atomic E-state index is -0.915. The second-order valence-electron chi connectivity index (χ2n) is 6.92. The maximum absolute atomic E-state index is 11.9. The van der Waals surface area contributed by atoms with Crippen LogP contribution in [0.4, 0.5) is 16.2 Å². The highest BCUT2D eigenvalue weighted by Gasteiger charge is 2.35. The van der Waals surface area contributed by atoms with Crippen molar-refractivity contribution in [2.24, 2.45) is 0 Å². The van der Waals surface area contributed by atoms with Crippen molar-refractivity contribution in [2.75, 3.05) is 16.3 Å². The van der Waals surface area contributed by atoms with Gasteiger partial charge in [0.25, 0.3) is 0 Å². The van der Waals surface area contributed by atoms with E-state index in [2.05, 4.69) is 4.90 Å². The van der Waals surface area contributed by atoms with E-state index in [0.717, 1.165) is 33.8 Å². The number of hydrogen-bond acceptors (Lipinski definition) is 2. The molecule has 1 aliphatic rings. The first kappa shape index (κ1) is 18.4. The minimum absolute atomic E-state index is 0.134. The first-order chi connectivity index (χ1) is 12.3. The molecule has 1 unspecified atom stereocenters. The summed E-state index contributed by atoms with van der Waals surface area (Å²) in [6, 6.07) is 12.0. The predicted octanol–water partition coefficient (Wildman–Crippen LogP) is 5.07. The lowest BCUT2D eigenvalue weighted by Gasteiger charge is -2.42. The van der Waals surface area contributed by atoms with Gasteiger partial charge in [-0.2, -0.15) is 0 Å². The first-order valence-electron chi connectivity index (χ1n) is 8.85. The number of anilines is 2. The van der Waals surface area contributed by atoms with Crippen molar-refractivity contribution in [3.63, 3.8) is 0 Å². The summed E-state index contributed by atoms with van der Waals surface area (Å²) in [6.45, 7) is 8.67. The molecule has 5 heteroatoms. The molecule has 2 aromatic rings. The van der Waals surface area contributed by atoms with Crippen LogP contribution in [0.5, 0.6) is 0 Å². The van der Waals surface area contributed by atoms with Crippen LogP contribution in [0.1, 0.15) is 35.6 Å². The van der Waals surface area contributed by atoms with E-state index in [1.165, 1.54) is 10.5 Å². The summed E-state index contributed by atoms with van der Waals surface area (Å²) >= 11 is 5.80. The third-order valence-corrected chi connectivity index (χ3v) is 5.58. The molecule has 1 atom stereocenters. The fourth-order valence-corrected chi connectivity index (χ4v) is 3.71. The van der Waals surface area contributed by atoms with E-state index in [-0.39, 0.29) is 6.04 Å². The number of thiocarbonyl (C=S) groups is 1. The Morgan fingerprint density at radius 1 is 1.12 bits per heavy atom. The van der Waals surface area contributed by atoms with Crippen molar-refractivity contribution < 1.29 is 9.90 Å². The number of carbonyl (C=O) groups is 1. The summed E-state index contributed by atoms with van der Waals surface area (Å²) in [5.74, 6) is 0. The number of benzene rings is 2. The molecular weight excluding hydrogens is 344 g/mol. The molecule has 0 aliphatic carbocycles. The van der Waals surface area contributed by atoms with Gasteiger partial charge in [-0.05, 0) is 50.5 Å². The zero-order valence-corrected chi connectivity index (χ0v) is 16.4. The second-order valence-corrected chi connectivity index (χ2v) is 7.31. The summed E-state index contributed by atoms with van der Waals surface area (Å²) < 4.78 is 0. The molecule has 136 valence electrons. The third kappa shape index (κ3) is 3.19. The Balaban J connectivity index is 2.13. The number of amides is 1. The molecule has 4 nitrogen and oxygen atoms in total. The highest BCUT2D eigenvalue weighted by molar-refractivity contribution is 7.81. The quantitative estimate of drug-likeness (QED) is 0.752. The largest absolute Gasteiger partial charge is 0.465 e. The van der Waals surface area contributed by atoms with Crippen LogP contribution in [0.2, 0.25) is 0 Å². The molecule has 0 radical (unpaired) electrons. The molecule has 2 aromatic carbocycles. The second kappa shape index (κ2) is 7.08. The molecule has 0 fully saturated rings. The Hall–Kier alpha value is -2.40. The smallest absolute Gasteiger partial charge is 0.412 e. The maximum atomic E-state index is 11.9. The summed E-state index contributed by atoms with van der Waals surface area (Å²) in [7, 11) is 0. The Bertz CT molecular complexity index is 861. The van der Waals surface area contributed by atoms with Crippen LogP contribution in [0.3, 0.4) is 0 Å². The Morgan fingerprint density at radius 3 is 2.23 bits per heavy atom. The molecule has 1 aliphatic heterocycles. The van der Waals surface area contributed by atoms with E-state index in [1.54, 1.807) is 0 Å². The van der Waals surface area contributed by atoms with Gasteiger partial charge in [-0.3, -0.25) is 4.90 Å². The number of fused-ring (bicyclic) bond motifs is 1. The fourth-order valence-electron chi connectivity index (χ4n) is 3.40. The lowest BCUT2D eigenvalue weighted by molar-refractivity contribution is 0.198. The summed E-state index contributed by atoms with van der Waals surface area (Å²) in [4.78, 5) is 16.3. The lowest BCUT2D eigenvalue weighted by atomic mass is 9.99. The Morgan fingerprint density at radius 2 is 1.69 bits per heavy atom. The standard InChI is InChI=1S/C21H24N2O2S/c1-5-17-12-22(20(26)16-8-6-13(2)7-9-16)18-10-14(3)15(4)11-19(18)23(17)21(24)25/h6-11,17H,5,12H2,1-4H3,(H,24,25). The third-order valence-electron chi connectivity index (χ3n) is 5.12. The zero-order valence-electron chi connectivity index (χ0n) is 15.6. The first-order valence-corrected chi connectivity index (χ1v) is 9.26. The number of nitrogens with zero attached hydrogens (tertiary/aromatic N) is 2. The van der Waals surface area contributed by atoms with Crippen molar-refractivity contribution in [3.05, 3.63) is 58.7 Å². The van der Waals surface area contributed by atoms with E-state index in [1.807, 2.05) is 64.1 Å². The van der Waals surface area contributed by atoms with Crippen LogP contribution in [-0.2, 0) is 0 Å². The maximum Gasteiger partial charge on any atom is 0.412 e. The topological polar surface area (TPSA) is 43.8 Å². The van der Waals surface area contributed by atoms with E-state index in [9.17, 15) is 9.90 Å². The van der Waals surface area contributed by atoms with Crippen molar-refractivity contribution in [3.8, 4) is 0 Å². The molecule has 1 N–H and O–H groups in total. The van der Waals surface area contributed by atoms with Crippen molar-refractivity contribution in [2.45, 2.75) is 40.2 Å². The normalized spacial score (nSPS) is 16.4. The van der Waals surface area contributed by atoms with E-state index in [4.69, 9.17) is 12.2 Å². The highest BCUT2D eigenvalue weighted by Crippen LogP contribution is 2.39. The number of carboxylic acid groups (broad SMARTS) is 1. The molecule has 0 bridgehead atoms. The van der Waals surface area contributed by atoms with Gasteiger partial charge in [0.1, 0.15) is 4.99 Å². The highest BCUT2D eigenvalue weighted by atomic mass is 32.1. The van der Waals surface area contributed by atoms with E-state index >= 15 is 0 Å². The van der Waals surface area contributed by atoms with Gasteiger partial charge in [0.15, 0.2) is 0 Å². The molecule has 0 saturated carbocycles. The lowest BCUT2D eigenvalue weighted by Crippen LogP contribution is -2.52. The van der Waals surface area contributed by atoms with Crippen LogP contribution in [0.25, 0.3) is 0 Å². The van der Waals surface area contributed by atoms with E-state index in [0.29, 0.717) is 12.2 Å². The van der Waals surface area contributed by atoms with Gasteiger partial charge in [-0.1, -0.05) is 49.0 Å². The van der Waals surface area contributed by atoms with Gasteiger partial charge in [0.05, 0.1) is 17.4 Å². The fraction of sp³-hybridized carbons (Fsp3) is 0.333. The van der Waals surface area contributed by atoms with Crippen LogP contribution < -0.4 is 9.80 Å². The predicted molar refractivity (Wildman–Crippen MR) is 111 cm³/mol. The molecule has 1 amide bonds. The Kier molecular flexibility index (Phi) is 5.01. The molecule has 3 rings (SSSR count). The van der Waals surface area contributed by atoms with Crippen molar-refractivity contribution in [1.82, 2.24) is 0 Å². The van der Waals surface area contributed by atoms with Crippen LogP contribution in [0, 0.1) is 20.8 Å². The molecular formula is C21H24N2O2S. The van der Waals surface area contributed by atoms with Crippen molar-refractivity contribution >= 4 is 34.7 Å². The molecule has 26 heavy (non-hydrogen) atoms. The van der Waals surface area contributed by atoms with Crippen LogP contribution >= 0.6 is 12.2 Å². The number of hydrogen-bond donors (Lipinski definition) is 1. The monoisotopic (exact) mass is 368 g/mol. The van der Waals surface area contributed by atoms with Gasteiger partial charge >= 0.3 is 6.09 Å². The van der Waals surface area contributed by atoms with Crippen molar-refractivity contribution in [1.29, 1.82) is 0 Å². The average molecular weight is 369 g/mol.